The Morgan fingerprint density at radius 2 is 1.33 bits per heavy atom. The van der Waals surface area contributed by atoms with Crippen molar-refractivity contribution in [3.8, 4) is 0 Å². The normalized spacial score (nSPS) is 17.2. The molecule has 33 heavy (non-hydrogen) atoms. The Morgan fingerprint density at radius 3 is 1.85 bits per heavy atom. The third-order valence-corrected chi connectivity index (χ3v) is 7.53. The monoisotopic (exact) mass is 549 g/mol. The molecule has 3 aromatic carbocycles. The van der Waals surface area contributed by atoms with E-state index in [1.165, 1.54) is 55.3 Å². The molecule has 0 heterocycles. The Hall–Kier alpha value is -1.79. The van der Waals surface area contributed by atoms with Gasteiger partial charge in [0, 0.05) is 5.41 Å². The zero-order chi connectivity index (χ0) is 21.7. The van der Waals surface area contributed by atoms with Crippen LogP contribution in [0.5, 0.6) is 0 Å². The molecule has 0 spiro atoms. The van der Waals surface area contributed by atoms with E-state index in [4.69, 9.17) is 0 Å². The average Bonchev–Trinajstić information content (AvgIpc) is 3.49. The first-order chi connectivity index (χ1) is 15.1. The van der Waals surface area contributed by atoms with Gasteiger partial charge >= 0.3 is 99.2 Å². The molecule has 168 valence electrons. The second-order valence-electron chi connectivity index (χ2n) is 8.25. The van der Waals surface area contributed by atoms with Crippen LogP contribution in [0.2, 0.25) is 0 Å². The molecule has 0 aromatic heterocycles. The van der Waals surface area contributed by atoms with Gasteiger partial charge in [-0.05, 0) is 17.0 Å². The van der Waals surface area contributed by atoms with Crippen LogP contribution in [0.3, 0.4) is 0 Å². The van der Waals surface area contributed by atoms with Crippen LogP contribution < -0.4 is 0 Å². The SMILES string of the molecule is CC(C)C1(C2=[C-]CC=C2)C=Cc2ccccc21.Cl.Cl.[Zr]=[C](c1ccccc1)c1ccccc1. The van der Waals surface area contributed by atoms with Crippen LogP contribution >= 0.6 is 24.8 Å². The van der Waals surface area contributed by atoms with Crippen LogP contribution in [0.15, 0.2) is 109 Å². The van der Waals surface area contributed by atoms with Gasteiger partial charge in [0.05, 0.1) is 0 Å². The summed E-state index contributed by atoms with van der Waals surface area (Å²) in [6.45, 7) is 4.60. The fraction of sp³-hybridized carbons (Fsp3) is 0.167. The van der Waals surface area contributed by atoms with E-state index in [-0.39, 0.29) is 30.2 Å². The number of benzene rings is 3. The van der Waals surface area contributed by atoms with E-state index in [1.54, 1.807) is 0 Å². The summed E-state index contributed by atoms with van der Waals surface area (Å²) in [7, 11) is 0. The number of allylic oxidation sites excluding steroid dienone is 5. The summed E-state index contributed by atoms with van der Waals surface area (Å²) < 4.78 is 1.42. The molecule has 0 aliphatic heterocycles. The Bertz CT molecular complexity index is 1100. The summed E-state index contributed by atoms with van der Waals surface area (Å²) in [4.78, 5) is 0. The summed E-state index contributed by atoms with van der Waals surface area (Å²) in [5.41, 5.74) is 6.84. The molecule has 0 saturated heterocycles. The number of rotatable bonds is 4. The van der Waals surface area contributed by atoms with Crippen molar-refractivity contribution >= 4 is 34.1 Å². The maximum atomic E-state index is 3.52. The fourth-order valence-electron chi connectivity index (χ4n) is 4.44. The summed E-state index contributed by atoms with van der Waals surface area (Å²) in [6.07, 6.45) is 13.5. The third kappa shape index (κ3) is 5.83. The van der Waals surface area contributed by atoms with Crippen molar-refractivity contribution in [2.24, 2.45) is 5.92 Å². The van der Waals surface area contributed by atoms with Crippen LogP contribution in [0, 0.1) is 12.0 Å². The van der Waals surface area contributed by atoms with Crippen LogP contribution in [0.1, 0.15) is 42.5 Å². The zero-order valence-corrected chi connectivity index (χ0v) is 23.1. The topological polar surface area (TPSA) is 0 Å². The Kier molecular flexibility index (Phi) is 10.5. The van der Waals surface area contributed by atoms with Gasteiger partial charge in [-0.25, -0.2) is 11.6 Å². The Labute approximate surface area is 225 Å². The van der Waals surface area contributed by atoms with E-state index >= 15 is 0 Å². The molecule has 3 aromatic rings. The molecular formula is C30H29Cl2Zr-. The second-order valence-corrected chi connectivity index (χ2v) is 9.48. The summed E-state index contributed by atoms with van der Waals surface area (Å²) in [6, 6.07) is 29.8. The summed E-state index contributed by atoms with van der Waals surface area (Å²) >= 11 is 1.46. The first kappa shape index (κ1) is 27.5. The van der Waals surface area contributed by atoms with E-state index in [2.05, 4.69) is 129 Å². The van der Waals surface area contributed by atoms with Crippen LogP contribution in [-0.4, -0.2) is 3.21 Å². The van der Waals surface area contributed by atoms with E-state index in [0.29, 0.717) is 5.92 Å². The predicted octanol–water partition coefficient (Wildman–Crippen LogP) is 7.94. The maximum absolute atomic E-state index is 3.52. The Morgan fingerprint density at radius 1 is 0.788 bits per heavy atom. The molecule has 3 heteroatoms. The molecule has 0 saturated carbocycles. The van der Waals surface area contributed by atoms with Gasteiger partial charge in [-0.3, -0.25) is 6.08 Å². The van der Waals surface area contributed by atoms with Crippen molar-refractivity contribution in [2.75, 3.05) is 0 Å². The molecule has 0 bridgehead atoms. The zero-order valence-electron chi connectivity index (χ0n) is 19.0. The molecule has 2 aliphatic rings. The van der Waals surface area contributed by atoms with Crippen molar-refractivity contribution in [1.82, 2.24) is 0 Å². The van der Waals surface area contributed by atoms with E-state index in [1.807, 2.05) is 0 Å². The van der Waals surface area contributed by atoms with Gasteiger partial charge < -0.3 is 0 Å². The molecule has 2 aliphatic carbocycles. The van der Waals surface area contributed by atoms with Gasteiger partial charge in [0.1, 0.15) is 0 Å². The first-order valence-corrected chi connectivity index (χ1v) is 12.1. The predicted molar refractivity (Wildman–Crippen MR) is 143 cm³/mol. The van der Waals surface area contributed by atoms with Gasteiger partial charge in [0.25, 0.3) is 0 Å². The van der Waals surface area contributed by atoms with Crippen LogP contribution in [-0.2, 0) is 29.7 Å². The van der Waals surface area contributed by atoms with Crippen LogP contribution in [0.4, 0.5) is 0 Å². The molecule has 1 atom stereocenters. The third-order valence-electron chi connectivity index (χ3n) is 6.11. The molecule has 0 nitrogen and oxygen atoms in total. The van der Waals surface area contributed by atoms with Crippen molar-refractivity contribution < 1.29 is 24.2 Å². The fourth-order valence-corrected chi connectivity index (χ4v) is 5.26. The summed E-state index contributed by atoms with van der Waals surface area (Å²) in [5, 5.41) is 0. The molecule has 0 N–H and O–H groups in total. The molecule has 0 amide bonds. The van der Waals surface area contributed by atoms with Gasteiger partial charge in [-0.2, -0.15) is 6.08 Å². The summed E-state index contributed by atoms with van der Waals surface area (Å²) in [5.74, 6) is 0.549. The molecule has 5 rings (SSSR count). The quantitative estimate of drug-likeness (QED) is 0.289. The molecule has 1 unspecified atom stereocenters. The minimum atomic E-state index is 0. The van der Waals surface area contributed by atoms with Gasteiger partial charge in [0.15, 0.2) is 0 Å². The molecule has 0 fully saturated rings. The van der Waals surface area contributed by atoms with Crippen molar-refractivity contribution in [2.45, 2.75) is 25.7 Å². The number of hydrogen-bond acceptors (Lipinski definition) is 0. The second kappa shape index (κ2) is 12.6. The number of halogens is 2. The van der Waals surface area contributed by atoms with Crippen molar-refractivity contribution in [3.63, 3.8) is 0 Å². The molecule has 0 radical (unpaired) electrons. The Balaban J connectivity index is 0.000000224. The molecular weight excluding hydrogens is 522 g/mol. The van der Waals surface area contributed by atoms with Crippen molar-refractivity contribution in [3.05, 3.63) is 137 Å². The van der Waals surface area contributed by atoms with Crippen molar-refractivity contribution in [1.29, 1.82) is 0 Å². The standard InChI is InChI=1S/C17H17.C13H10.2ClH.Zr/c1-13(2)17(15-8-4-5-9-15)12-11-14-7-3-6-10-16(14)17;1-3-7-12(8-4-1)11-13-9-5-2-6-10-13;;;/h3-4,6-8,10-13H,5H2,1-2H3;1-10H;2*1H;/q-1;;;;. The number of fused-ring (bicyclic) bond motifs is 1. The van der Waals surface area contributed by atoms with E-state index in [9.17, 15) is 0 Å². The first-order valence-electron chi connectivity index (χ1n) is 10.9. The number of hydrogen-bond donors (Lipinski definition) is 0. The minimum absolute atomic E-state index is 0. The van der Waals surface area contributed by atoms with Gasteiger partial charge in [-0.15, -0.1) is 31.2 Å². The van der Waals surface area contributed by atoms with Crippen LogP contribution in [0.25, 0.3) is 6.08 Å². The van der Waals surface area contributed by atoms with Gasteiger partial charge in [-0.1, -0.05) is 50.3 Å². The van der Waals surface area contributed by atoms with E-state index < -0.39 is 0 Å². The average molecular weight is 552 g/mol. The van der Waals surface area contributed by atoms with E-state index in [0.717, 1.165) is 6.42 Å². The van der Waals surface area contributed by atoms with Gasteiger partial charge in [0.2, 0.25) is 0 Å².